The lowest BCUT2D eigenvalue weighted by Crippen LogP contribution is -2.51. The monoisotopic (exact) mass is 247 g/mol. The van der Waals surface area contributed by atoms with E-state index in [1.807, 2.05) is 18.2 Å². The van der Waals surface area contributed by atoms with Crippen LogP contribution in [-0.2, 0) is 4.79 Å². The molecule has 18 heavy (non-hydrogen) atoms. The first-order valence-electron chi connectivity index (χ1n) is 6.41. The number of carboxylic acid groups (broad SMARTS) is 1. The Balaban J connectivity index is 1.64. The van der Waals surface area contributed by atoms with E-state index in [2.05, 4.69) is 11.0 Å². The van der Waals surface area contributed by atoms with Crippen LogP contribution in [0.4, 0.5) is 0 Å². The molecule has 1 N–H and O–H groups in total. The van der Waals surface area contributed by atoms with Gasteiger partial charge in [0.2, 0.25) is 0 Å². The predicted octanol–water partition coefficient (Wildman–Crippen LogP) is 1.57. The first-order valence-corrected chi connectivity index (χ1v) is 6.41. The van der Waals surface area contributed by atoms with Gasteiger partial charge >= 0.3 is 5.97 Å². The zero-order valence-corrected chi connectivity index (χ0v) is 10.2. The molecule has 1 fully saturated rings. The third-order valence-electron chi connectivity index (χ3n) is 3.87. The molecule has 2 aliphatic heterocycles. The number of hydrogen-bond donors (Lipinski definition) is 1. The normalized spacial score (nSPS) is 23.9. The van der Waals surface area contributed by atoms with Gasteiger partial charge in [0.1, 0.15) is 5.75 Å². The molecule has 2 aliphatic rings. The third-order valence-corrected chi connectivity index (χ3v) is 3.87. The minimum absolute atomic E-state index is 0.167. The standard InChI is InChI=1S/C14H17NO3/c16-14(17)11-8-15(9-11)7-10-5-6-18-13-4-2-1-3-12(10)13/h1-4,10-11H,5-9H2,(H,16,17). The maximum absolute atomic E-state index is 10.8. The first-order chi connectivity index (χ1) is 8.74. The van der Waals surface area contributed by atoms with E-state index < -0.39 is 5.97 Å². The summed E-state index contributed by atoms with van der Waals surface area (Å²) >= 11 is 0. The highest BCUT2D eigenvalue weighted by atomic mass is 16.5. The second-order valence-corrected chi connectivity index (χ2v) is 5.13. The van der Waals surface area contributed by atoms with Crippen molar-refractivity contribution in [1.29, 1.82) is 0 Å². The molecule has 0 bridgehead atoms. The highest BCUT2D eigenvalue weighted by Crippen LogP contribution is 2.34. The molecule has 0 spiro atoms. The Morgan fingerprint density at radius 3 is 2.94 bits per heavy atom. The van der Waals surface area contributed by atoms with Crippen LogP contribution >= 0.6 is 0 Å². The lowest BCUT2D eigenvalue weighted by atomic mass is 9.90. The second kappa shape index (κ2) is 4.61. The Morgan fingerprint density at radius 2 is 2.17 bits per heavy atom. The molecule has 1 aromatic carbocycles. The van der Waals surface area contributed by atoms with Crippen LogP contribution in [0.3, 0.4) is 0 Å². The molecule has 0 amide bonds. The maximum Gasteiger partial charge on any atom is 0.309 e. The number of rotatable bonds is 3. The van der Waals surface area contributed by atoms with Crippen LogP contribution in [0.15, 0.2) is 24.3 Å². The zero-order valence-electron chi connectivity index (χ0n) is 10.2. The Hall–Kier alpha value is -1.55. The topological polar surface area (TPSA) is 49.8 Å². The molecule has 1 atom stereocenters. The number of para-hydroxylation sites is 1. The van der Waals surface area contributed by atoms with E-state index in [1.165, 1.54) is 5.56 Å². The average Bonchev–Trinajstić information content (AvgIpc) is 2.33. The summed E-state index contributed by atoms with van der Waals surface area (Å²) in [6, 6.07) is 8.16. The van der Waals surface area contributed by atoms with Crippen LogP contribution in [0.1, 0.15) is 17.9 Å². The quantitative estimate of drug-likeness (QED) is 0.880. The van der Waals surface area contributed by atoms with Crippen molar-refractivity contribution in [2.24, 2.45) is 5.92 Å². The van der Waals surface area contributed by atoms with Crippen LogP contribution in [0.25, 0.3) is 0 Å². The molecular formula is C14H17NO3. The summed E-state index contributed by atoms with van der Waals surface area (Å²) in [5.41, 5.74) is 1.27. The second-order valence-electron chi connectivity index (χ2n) is 5.13. The fraction of sp³-hybridized carbons (Fsp3) is 0.500. The molecule has 1 unspecified atom stereocenters. The molecule has 96 valence electrons. The summed E-state index contributed by atoms with van der Waals surface area (Å²) in [7, 11) is 0. The van der Waals surface area contributed by atoms with Gasteiger partial charge in [-0.1, -0.05) is 18.2 Å². The van der Waals surface area contributed by atoms with E-state index in [-0.39, 0.29) is 5.92 Å². The lowest BCUT2D eigenvalue weighted by molar-refractivity contribution is -0.147. The van der Waals surface area contributed by atoms with Gasteiger partial charge in [-0.15, -0.1) is 0 Å². The number of ether oxygens (including phenoxy) is 1. The number of benzene rings is 1. The van der Waals surface area contributed by atoms with Crippen LogP contribution in [0.2, 0.25) is 0 Å². The number of carbonyl (C=O) groups is 1. The molecular weight excluding hydrogens is 230 g/mol. The molecule has 0 saturated carbocycles. The fourth-order valence-corrected chi connectivity index (χ4v) is 2.79. The van der Waals surface area contributed by atoms with Crippen LogP contribution < -0.4 is 4.74 Å². The molecule has 0 aromatic heterocycles. The molecule has 4 heteroatoms. The Kier molecular flexibility index (Phi) is 2.96. The van der Waals surface area contributed by atoms with Crippen LogP contribution in [0, 0.1) is 5.92 Å². The van der Waals surface area contributed by atoms with Crippen molar-refractivity contribution >= 4 is 5.97 Å². The number of nitrogens with zero attached hydrogens (tertiary/aromatic N) is 1. The number of aliphatic carboxylic acids is 1. The first kappa shape index (κ1) is 11.5. The summed E-state index contributed by atoms with van der Waals surface area (Å²) in [4.78, 5) is 13.0. The molecule has 0 aliphatic carbocycles. The molecule has 2 heterocycles. The van der Waals surface area contributed by atoms with Gasteiger partial charge in [-0.2, -0.15) is 0 Å². The zero-order chi connectivity index (χ0) is 12.5. The van der Waals surface area contributed by atoms with E-state index in [9.17, 15) is 4.79 Å². The van der Waals surface area contributed by atoms with Crippen molar-refractivity contribution in [2.45, 2.75) is 12.3 Å². The van der Waals surface area contributed by atoms with Gasteiger partial charge in [0.05, 0.1) is 12.5 Å². The van der Waals surface area contributed by atoms with Gasteiger partial charge in [-0.25, -0.2) is 0 Å². The molecule has 1 saturated heterocycles. The Bertz CT molecular complexity index is 454. The Labute approximate surface area is 106 Å². The van der Waals surface area contributed by atoms with Gasteiger partial charge in [-0.05, 0) is 18.1 Å². The van der Waals surface area contributed by atoms with Gasteiger partial charge < -0.3 is 14.7 Å². The SMILES string of the molecule is O=C(O)C1CN(CC2CCOc3ccccc32)C1. The van der Waals surface area contributed by atoms with Crippen molar-refractivity contribution < 1.29 is 14.6 Å². The smallest absolute Gasteiger partial charge is 0.309 e. The van der Waals surface area contributed by atoms with Crippen molar-refractivity contribution in [3.05, 3.63) is 29.8 Å². The van der Waals surface area contributed by atoms with E-state index in [1.54, 1.807) is 0 Å². The van der Waals surface area contributed by atoms with Crippen molar-refractivity contribution in [2.75, 3.05) is 26.2 Å². The van der Waals surface area contributed by atoms with Crippen molar-refractivity contribution in [3.63, 3.8) is 0 Å². The minimum Gasteiger partial charge on any atom is -0.493 e. The highest BCUT2D eigenvalue weighted by Gasteiger charge is 2.34. The van der Waals surface area contributed by atoms with Gasteiger partial charge in [0.15, 0.2) is 0 Å². The summed E-state index contributed by atoms with van der Waals surface area (Å²) in [5.74, 6) is 0.632. The van der Waals surface area contributed by atoms with Gasteiger partial charge in [-0.3, -0.25) is 4.79 Å². The lowest BCUT2D eigenvalue weighted by Gasteiger charge is -2.40. The number of fused-ring (bicyclic) bond motifs is 1. The Morgan fingerprint density at radius 1 is 1.39 bits per heavy atom. The summed E-state index contributed by atoms with van der Waals surface area (Å²) < 4.78 is 5.63. The van der Waals surface area contributed by atoms with Gasteiger partial charge in [0, 0.05) is 25.6 Å². The molecule has 0 radical (unpaired) electrons. The van der Waals surface area contributed by atoms with Gasteiger partial charge in [0.25, 0.3) is 0 Å². The fourth-order valence-electron chi connectivity index (χ4n) is 2.79. The maximum atomic E-state index is 10.8. The van der Waals surface area contributed by atoms with Crippen molar-refractivity contribution in [3.8, 4) is 5.75 Å². The summed E-state index contributed by atoms with van der Waals surface area (Å²) in [6.07, 6.45) is 1.02. The molecule has 4 nitrogen and oxygen atoms in total. The molecule has 1 aromatic rings. The summed E-state index contributed by atoms with van der Waals surface area (Å²) in [6.45, 7) is 3.09. The van der Waals surface area contributed by atoms with E-state index in [4.69, 9.17) is 9.84 Å². The van der Waals surface area contributed by atoms with Crippen molar-refractivity contribution in [1.82, 2.24) is 4.90 Å². The summed E-state index contributed by atoms with van der Waals surface area (Å²) in [5, 5.41) is 8.87. The number of hydrogen-bond acceptors (Lipinski definition) is 3. The average molecular weight is 247 g/mol. The highest BCUT2D eigenvalue weighted by molar-refractivity contribution is 5.71. The minimum atomic E-state index is -0.668. The van der Waals surface area contributed by atoms with E-state index >= 15 is 0 Å². The number of carboxylic acids is 1. The third kappa shape index (κ3) is 2.08. The number of likely N-dealkylation sites (tertiary alicyclic amines) is 1. The van der Waals surface area contributed by atoms with Crippen LogP contribution in [0.5, 0.6) is 5.75 Å². The largest absolute Gasteiger partial charge is 0.493 e. The molecule has 3 rings (SSSR count). The van der Waals surface area contributed by atoms with Crippen LogP contribution in [-0.4, -0.2) is 42.2 Å². The van der Waals surface area contributed by atoms with E-state index in [0.29, 0.717) is 19.0 Å². The van der Waals surface area contributed by atoms with E-state index in [0.717, 1.165) is 25.3 Å². The predicted molar refractivity (Wildman–Crippen MR) is 66.9 cm³/mol.